The van der Waals surface area contributed by atoms with Crippen LogP contribution in [0.1, 0.15) is 56.8 Å². The SMILES string of the molecule is CNC1CCCCC1.Cn1cnnc1C(C=O)N(C(=O)C1CCCN1)c1ccccc1. The molecule has 2 aromatic rings. The first-order valence-electron chi connectivity index (χ1n) is 11.2. The lowest BCUT2D eigenvalue weighted by atomic mass is 9.96. The number of amides is 1. The molecule has 8 heteroatoms. The molecular weight excluding hydrogens is 392 g/mol. The molecule has 2 heterocycles. The molecule has 1 aromatic heterocycles. The van der Waals surface area contributed by atoms with Crippen LogP contribution in [0.2, 0.25) is 0 Å². The van der Waals surface area contributed by atoms with Crippen LogP contribution < -0.4 is 15.5 Å². The zero-order valence-electron chi connectivity index (χ0n) is 18.5. The summed E-state index contributed by atoms with van der Waals surface area (Å²) >= 11 is 0. The lowest BCUT2D eigenvalue weighted by Crippen LogP contribution is -2.46. The Bertz CT molecular complexity index is 812. The maximum absolute atomic E-state index is 13.0. The lowest BCUT2D eigenvalue weighted by Gasteiger charge is -2.30. The van der Waals surface area contributed by atoms with Gasteiger partial charge in [-0.25, -0.2) is 0 Å². The fourth-order valence-corrected chi connectivity index (χ4v) is 4.27. The van der Waals surface area contributed by atoms with E-state index in [0.717, 1.165) is 31.7 Å². The summed E-state index contributed by atoms with van der Waals surface area (Å²) < 4.78 is 1.66. The summed E-state index contributed by atoms with van der Waals surface area (Å²) in [5, 5.41) is 14.3. The van der Waals surface area contributed by atoms with Gasteiger partial charge in [0.15, 0.2) is 18.2 Å². The zero-order valence-corrected chi connectivity index (χ0v) is 18.5. The molecule has 1 saturated carbocycles. The Morgan fingerprint density at radius 3 is 2.45 bits per heavy atom. The number of aryl methyl sites for hydroxylation is 1. The number of rotatable bonds is 6. The van der Waals surface area contributed by atoms with Crippen molar-refractivity contribution in [3.8, 4) is 0 Å². The minimum atomic E-state index is -0.806. The van der Waals surface area contributed by atoms with E-state index in [1.54, 1.807) is 11.6 Å². The van der Waals surface area contributed by atoms with Crippen LogP contribution in [0.15, 0.2) is 36.7 Å². The van der Waals surface area contributed by atoms with Gasteiger partial charge in [-0.15, -0.1) is 10.2 Å². The number of aldehydes is 1. The molecule has 1 aliphatic heterocycles. The third kappa shape index (κ3) is 5.98. The number of anilines is 1. The van der Waals surface area contributed by atoms with Crippen molar-refractivity contribution in [3.05, 3.63) is 42.5 Å². The van der Waals surface area contributed by atoms with E-state index < -0.39 is 6.04 Å². The number of carbonyl (C=O) groups excluding carboxylic acids is 2. The standard InChI is InChI=1S/C16H19N5O2.C7H15N/c1-20-11-18-19-15(20)14(10-22)21(12-6-3-2-4-7-12)16(23)13-8-5-9-17-13;1-8-7-5-3-2-4-6-7/h2-4,6-7,10-11,13-14,17H,5,8-9H2,1H3;7-8H,2-6H2,1H3. The molecule has 1 aromatic carbocycles. The summed E-state index contributed by atoms with van der Waals surface area (Å²) in [5.74, 6) is 0.323. The number of nitrogens with zero attached hydrogens (tertiary/aromatic N) is 4. The Kier molecular flexibility index (Phi) is 8.73. The molecule has 1 saturated heterocycles. The molecule has 2 N–H and O–H groups in total. The Labute approximate surface area is 184 Å². The highest BCUT2D eigenvalue weighted by Crippen LogP contribution is 2.26. The molecule has 1 aliphatic carbocycles. The first kappa shape index (κ1) is 23.1. The van der Waals surface area contributed by atoms with Crippen molar-refractivity contribution >= 4 is 17.9 Å². The quantitative estimate of drug-likeness (QED) is 0.689. The van der Waals surface area contributed by atoms with Crippen molar-refractivity contribution in [1.82, 2.24) is 25.4 Å². The minimum Gasteiger partial charge on any atom is -0.319 e. The second-order valence-electron chi connectivity index (χ2n) is 8.20. The van der Waals surface area contributed by atoms with Crippen LogP contribution in [0.3, 0.4) is 0 Å². The summed E-state index contributed by atoms with van der Waals surface area (Å²) in [4.78, 5) is 26.3. The van der Waals surface area contributed by atoms with Gasteiger partial charge in [-0.1, -0.05) is 37.5 Å². The van der Waals surface area contributed by atoms with Gasteiger partial charge in [-0.2, -0.15) is 0 Å². The van der Waals surface area contributed by atoms with Crippen molar-refractivity contribution in [2.45, 2.75) is 63.1 Å². The van der Waals surface area contributed by atoms with Crippen LogP contribution in [-0.4, -0.2) is 52.6 Å². The van der Waals surface area contributed by atoms with E-state index in [9.17, 15) is 9.59 Å². The molecule has 8 nitrogen and oxygen atoms in total. The molecule has 1 amide bonds. The van der Waals surface area contributed by atoms with Crippen molar-refractivity contribution in [2.24, 2.45) is 7.05 Å². The van der Waals surface area contributed by atoms with Gasteiger partial charge in [-0.3, -0.25) is 9.69 Å². The first-order chi connectivity index (χ1) is 15.2. The fraction of sp³-hybridized carbons (Fsp3) is 0.565. The maximum atomic E-state index is 13.0. The fourth-order valence-electron chi connectivity index (χ4n) is 4.27. The summed E-state index contributed by atoms with van der Waals surface area (Å²) in [6, 6.07) is 8.96. The highest BCUT2D eigenvalue weighted by molar-refractivity contribution is 6.00. The summed E-state index contributed by atoms with van der Waals surface area (Å²) in [6.45, 7) is 0.814. The Hall–Kier alpha value is -2.58. The number of benzene rings is 1. The van der Waals surface area contributed by atoms with Gasteiger partial charge < -0.3 is 20.0 Å². The summed E-state index contributed by atoms with van der Waals surface area (Å²) in [5.41, 5.74) is 0.673. The van der Waals surface area contributed by atoms with Gasteiger partial charge in [0.1, 0.15) is 6.33 Å². The molecule has 0 radical (unpaired) electrons. The Morgan fingerprint density at radius 1 is 1.19 bits per heavy atom. The van der Waals surface area contributed by atoms with E-state index >= 15 is 0 Å². The zero-order chi connectivity index (χ0) is 22.1. The predicted molar refractivity (Wildman–Crippen MR) is 121 cm³/mol. The largest absolute Gasteiger partial charge is 0.319 e. The molecular formula is C23H34N6O2. The van der Waals surface area contributed by atoms with E-state index in [0.29, 0.717) is 11.5 Å². The topological polar surface area (TPSA) is 92.2 Å². The monoisotopic (exact) mass is 426 g/mol. The molecule has 0 spiro atoms. The summed E-state index contributed by atoms with van der Waals surface area (Å²) in [7, 11) is 3.82. The molecule has 2 fully saturated rings. The number of carbonyl (C=O) groups is 2. The number of aromatic nitrogens is 3. The van der Waals surface area contributed by atoms with Crippen LogP contribution in [-0.2, 0) is 16.6 Å². The number of para-hydroxylation sites is 1. The highest BCUT2D eigenvalue weighted by atomic mass is 16.2. The third-order valence-electron chi connectivity index (χ3n) is 6.06. The Balaban J connectivity index is 0.000000287. The van der Waals surface area contributed by atoms with Crippen molar-refractivity contribution in [2.75, 3.05) is 18.5 Å². The van der Waals surface area contributed by atoms with E-state index in [1.165, 1.54) is 43.3 Å². The molecule has 2 atom stereocenters. The average Bonchev–Trinajstić information content (AvgIpc) is 3.51. The highest BCUT2D eigenvalue weighted by Gasteiger charge is 2.35. The average molecular weight is 427 g/mol. The first-order valence-corrected chi connectivity index (χ1v) is 11.2. The van der Waals surface area contributed by atoms with Crippen molar-refractivity contribution < 1.29 is 9.59 Å². The van der Waals surface area contributed by atoms with Crippen molar-refractivity contribution in [1.29, 1.82) is 0 Å². The van der Waals surface area contributed by atoms with E-state index in [2.05, 4.69) is 27.9 Å². The summed E-state index contributed by atoms with van der Waals surface area (Å²) in [6.07, 6.45) is 11.1. The second kappa shape index (κ2) is 11.7. The third-order valence-corrected chi connectivity index (χ3v) is 6.06. The van der Waals surface area contributed by atoms with Crippen LogP contribution in [0.25, 0.3) is 0 Å². The van der Waals surface area contributed by atoms with Crippen LogP contribution >= 0.6 is 0 Å². The van der Waals surface area contributed by atoms with Crippen LogP contribution in [0.5, 0.6) is 0 Å². The molecule has 168 valence electrons. The Morgan fingerprint density at radius 2 is 1.94 bits per heavy atom. The predicted octanol–water partition coefficient (Wildman–Crippen LogP) is 2.38. The normalized spacial score (nSPS) is 19.9. The molecule has 2 aliphatic rings. The van der Waals surface area contributed by atoms with E-state index in [1.807, 2.05) is 30.3 Å². The van der Waals surface area contributed by atoms with E-state index in [-0.39, 0.29) is 11.9 Å². The molecule has 4 rings (SSSR count). The second-order valence-corrected chi connectivity index (χ2v) is 8.20. The van der Waals surface area contributed by atoms with Gasteiger partial charge in [-0.05, 0) is 51.4 Å². The van der Waals surface area contributed by atoms with Gasteiger partial charge in [0.2, 0.25) is 5.91 Å². The minimum absolute atomic E-state index is 0.117. The number of hydrogen-bond acceptors (Lipinski definition) is 6. The smallest absolute Gasteiger partial charge is 0.245 e. The molecule has 2 unspecified atom stereocenters. The molecule has 31 heavy (non-hydrogen) atoms. The van der Waals surface area contributed by atoms with Gasteiger partial charge in [0, 0.05) is 18.8 Å². The van der Waals surface area contributed by atoms with Crippen molar-refractivity contribution in [3.63, 3.8) is 0 Å². The van der Waals surface area contributed by atoms with E-state index in [4.69, 9.17) is 0 Å². The van der Waals surface area contributed by atoms with Gasteiger partial charge in [0.25, 0.3) is 0 Å². The van der Waals surface area contributed by atoms with Crippen LogP contribution in [0.4, 0.5) is 5.69 Å². The number of nitrogens with one attached hydrogen (secondary N) is 2. The van der Waals surface area contributed by atoms with Gasteiger partial charge >= 0.3 is 0 Å². The lowest BCUT2D eigenvalue weighted by molar-refractivity contribution is -0.122. The maximum Gasteiger partial charge on any atom is 0.245 e. The number of hydrogen-bond donors (Lipinski definition) is 2. The van der Waals surface area contributed by atoms with Crippen LogP contribution in [0, 0.1) is 0 Å². The molecule has 0 bridgehead atoms. The van der Waals surface area contributed by atoms with Gasteiger partial charge in [0.05, 0.1) is 6.04 Å².